The van der Waals surface area contributed by atoms with E-state index in [2.05, 4.69) is 19.2 Å². The second kappa shape index (κ2) is 7.17. The molecule has 18 heavy (non-hydrogen) atoms. The van der Waals surface area contributed by atoms with Crippen LogP contribution in [0.25, 0.3) is 0 Å². The molecule has 0 aromatic heterocycles. The lowest BCUT2D eigenvalue weighted by atomic mass is 9.96. The third-order valence-corrected chi connectivity index (χ3v) is 3.00. The molecule has 3 N–H and O–H groups in total. The zero-order chi connectivity index (χ0) is 13.5. The topological polar surface area (TPSA) is 55.1 Å². The van der Waals surface area contributed by atoms with Crippen molar-refractivity contribution >= 4 is 5.91 Å². The predicted molar refractivity (Wildman–Crippen MR) is 75.0 cm³/mol. The summed E-state index contributed by atoms with van der Waals surface area (Å²) in [4.78, 5) is 11.9. The molecular weight excluding hydrogens is 224 g/mol. The van der Waals surface area contributed by atoms with Gasteiger partial charge in [0.15, 0.2) is 0 Å². The van der Waals surface area contributed by atoms with Crippen LogP contribution in [0.4, 0.5) is 0 Å². The van der Waals surface area contributed by atoms with Gasteiger partial charge in [-0.3, -0.25) is 4.79 Å². The minimum atomic E-state index is -0.414. The van der Waals surface area contributed by atoms with Crippen LogP contribution >= 0.6 is 0 Å². The monoisotopic (exact) mass is 248 g/mol. The van der Waals surface area contributed by atoms with Gasteiger partial charge in [0.05, 0.1) is 12.1 Å². The summed E-state index contributed by atoms with van der Waals surface area (Å²) in [6.07, 6.45) is 1.58. The highest BCUT2D eigenvalue weighted by Gasteiger charge is 2.18. The molecule has 0 aliphatic heterocycles. The Morgan fingerprint density at radius 2 is 1.89 bits per heavy atom. The van der Waals surface area contributed by atoms with Crippen LogP contribution in [0.15, 0.2) is 30.3 Å². The number of nitrogens with two attached hydrogens (primary N) is 1. The van der Waals surface area contributed by atoms with Gasteiger partial charge in [0.2, 0.25) is 5.91 Å². The first-order chi connectivity index (χ1) is 8.54. The van der Waals surface area contributed by atoms with Gasteiger partial charge < -0.3 is 11.1 Å². The largest absolute Gasteiger partial charge is 0.348 e. The van der Waals surface area contributed by atoms with Crippen molar-refractivity contribution in [1.82, 2.24) is 5.32 Å². The average Bonchev–Trinajstić information content (AvgIpc) is 2.37. The third-order valence-electron chi connectivity index (χ3n) is 3.00. The van der Waals surface area contributed by atoms with Crippen molar-refractivity contribution in [3.63, 3.8) is 0 Å². The van der Waals surface area contributed by atoms with E-state index in [0.29, 0.717) is 12.3 Å². The highest BCUT2D eigenvalue weighted by atomic mass is 16.2. The molecule has 0 fully saturated rings. The highest BCUT2D eigenvalue weighted by molar-refractivity contribution is 5.81. The van der Waals surface area contributed by atoms with Crippen molar-refractivity contribution in [2.45, 2.75) is 45.7 Å². The van der Waals surface area contributed by atoms with Crippen molar-refractivity contribution in [2.24, 2.45) is 11.7 Å². The molecule has 0 aliphatic carbocycles. The van der Waals surface area contributed by atoms with Gasteiger partial charge in [-0.15, -0.1) is 0 Å². The molecule has 0 heterocycles. The molecule has 1 aromatic carbocycles. The van der Waals surface area contributed by atoms with Gasteiger partial charge in [0, 0.05) is 0 Å². The molecule has 1 rings (SSSR count). The van der Waals surface area contributed by atoms with Crippen LogP contribution in [0.3, 0.4) is 0 Å². The van der Waals surface area contributed by atoms with Crippen molar-refractivity contribution in [1.29, 1.82) is 0 Å². The maximum Gasteiger partial charge on any atom is 0.237 e. The van der Waals surface area contributed by atoms with Crippen LogP contribution in [-0.2, 0) is 4.79 Å². The Morgan fingerprint density at radius 1 is 1.28 bits per heavy atom. The van der Waals surface area contributed by atoms with E-state index in [-0.39, 0.29) is 11.9 Å². The first kappa shape index (κ1) is 14.7. The van der Waals surface area contributed by atoms with Gasteiger partial charge in [-0.2, -0.15) is 0 Å². The van der Waals surface area contributed by atoms with E-state index in [1.165, 1.54) is 0 Å². The van der Waals surface area contributed by atoms with Gasteiger partial charge >= 0.3 is 0 Å². The molecule has 0 spiro atoms. The van der Waals surface area contributed by atoms with E-state index in [0.717, 1.165) is 12.0 Å². The van der Waals surface area contributed by atoms with Crippen molar-refractivity contribution in [3.05, 3.63) is 35.9 Å². The van der Waals surface area contributed by atoms with Gasteiger partial charge in [0.25, 0.3) is 0 Å². The second-order valence-electron chi connectivity index (χ2n) is 5.12. The third kappa shape index (κ3) is 4.49. The molecule has 0 radical (unpaired) electrons. The van der Waals surface area contributed by atoms with Gasteiger partial charge in [-0.25, -0.2) is 0 Å². The van der Waals surface area contributed by atoms with Crippen LogP contribution in [0.2, 0.25) is 0 Å². The molecule has 3 heteroatoms. The Morgan fingerprint density at radius 3 is 2.39 bits per heavy atom. The van der Waals surface area contributed by atoms with E-state index in [4.69, 9.17) is 5.73 Å². The molecule has 1 amide bonds. The molecule has 2 unspecified atom stereocenters. The number of benzene rings is 1. The standard InChI is InChI=1S/C15H24N2O/c1-4-13(16)15(18)17-14(10-11(2)3)12-8-6-5-7-9-12/h5-9,11,13-14H,4,10,16H2,1-3H3,(H,17,18). The summed E-state index contributed by atoms with van der Waals surface area (Å²) in [5.74, 6) is 0.459. The number of hydrogen-bond acceptors (Lipinski definition) is 2. The number of amides is 1. The van der Waals surface area contributed by atoms with Crippen LogP contribution in [0, 0.1) is 5.92 Å². The van der Waals surface area contributed by atoms with Crippen molar-refractivity contribution in [2.75, 3.05) is 0 Å². The number of carbonyl (C=O) groups is 1. The Bertz CT molecular complexity index is 362. The fourth-order valence-electron chi connectivity index (χ4n) is 1.90. The normalized spacial score (nSPS) is 14.3. The Kier molecular flexibility index (Phi) is 5.86. The van der Waals surface area contributed by atoms with Gasteiger partial charge in [0.1, 0.15) is 0 Å². The predicted octanol–water partition coefficient (Wildman–Crippen LogP) is 2.63. The highest BCUT2D eigenvalue weighted by Crippen LogP contribution is 2.21. The smallest absolute Gasteiger partial charge is 0.237 e. The summed E-state index contributed by atoms with van der Waals surface area (Å²) in [5, 5.41) is 3.05. The zero-order valence-corrected chi connectivity index (χ0v) is 11.5. The average molecular weight is 248 g/mol. The van der Waals surface area contributed by atoms with Crippen LogP contribution in [-0.4, -0.2) is 11.9 Å². The first-order valence-corrected chi connectivity index (χ1v) is 6.65. The Hall–Kier alpha value is -1.35. The maximum absolute atomic E-state index is 11.9. The molecular formula is C15H24N2O. The van der Waals surface area contributed by atoms with Gasteiger partial charge in [-0.1, -0.05) is 51.1 Å². The lowest BCUT2D eigenvalue weighted by Gasteiger charge is -2.22. The summed E-state index contributed by atoms with van der Waals surface area (Å²) >= 11 is 0. The van der Waals surface area contributed by atoms with Crippen LogP contribution in [0.1, 0.15) is 45.2 Å². The Labute approximate surface area is 110 Å². The summed E-state index contributed by atoms with van der Waals surface area (Å²) < 4.78 is 0. The second-order valence-corrected chi connectivity index (χ2v) is 5.12. The van der Waals surface area contributed by atoms with Gasteiger partial charge in [-0.05, 0) is 24.3 Å². The number of hydrogen-bond donors (Lipinski definition) is 2. The first-order valence-electron chi connectivity index (χ1n) is 6.65. The zero-order valence-electron chi connectivity index (χ0n) is 11.5. The van der Waals surface area contributed by atoms with Crippen molar-refractivity contribution < 1.29 is 4.79 Å². The lowest BCUT2D eigenvalue weighted by Crippen LogP contribution is -2.42. The molecule has 1 aromatic rings. The number of carbonyl (C=O) groups excluding carboxylic acids is 1. The van der Waals surface area contributed by atoms with Crippen LogP contribution in [0.5, 0.6) is 0 Å². The SMILES string of the molecule is CCC(N)C(=O)NC(CC(C)C)c1ccccc1. The van der Waals surface area contributed by atoms with E-state index < -0.39 is 6.04 Å². The summed E-state index contributed by atoms with van der Waals surface area (Å²) in [6, 6.07) is 9.70. The quantitative estimate of drug-likeness (QED) is 0.813. The molecule has 2 atom stereocenters. The number of nitrogens with one attached hydrogen (secondary N) is 1. The molecule has 0 bridgehead atoms. The Balaban J connectivity index is 2.77. The van der Waals surface area contributed by atoms with E-state index >= 15 is 0 Å². The molecule has 100 valence electrons. The summed E-state index contributed by atoms with van der Waals surface area (Å²) in [5.41, 5.74) is 6.90. The lowest BCUT2D eigenvalue weighted by molar-refractivity contribution is -0.123. The molecule has 3 nitrogen and oxygen atoms in total. The fraction of sp³-hybridized carbons (Fsp3) is 0.533. The summed E-state index contributed by atoms with van der Waals surface area (Å²) in [6.45, 7) is 6.23. The minimum absolute atomic E-state index is 0.0521. The fourth-order valence-corrected chi connectivity index (χ4v) is 1.90. The van der Waals surface area contributed by atoms with E-state index in [1.54, 1.807) is 0 Å². The van der Waals surface area contributed by atoms with E-state index in [1.807, 2.05) is 37.3 Å². The maximum atomic E-state index is 11.9. The molecule has 0 saturated heterocycles. The van der Waals surface area contributed by atoms with Crippen LogP contribution < -0.4 is 11.1 Å². The van der Waals surface area contributed by atoms with Crippen molar-refractivity contribution in [3.8, 4) is 0 Å². The molecule has 0 aliphatic rings. The number of rotatable bonds is 6. The summed E-state index contributed by atoms with van der Waals surface area (Å²) in [7, 11) is 0. The minimum Gasteiger partial charge on any atom is -0.348 e. The van der Waals surface area contributed by atoms with E-state index in [9.17, 15) is 4.79 Å². The molecule has 0 saturated carbocycles.